The van der Waals surface area contributed by atoms with E-state index in [4.69, 9.17) is 16.3 Å². The molecule has 11 heteroatoms. The molecule has 0 spiro atoms. The van der Waals surface area contributed by atoms with Crippen LogP contribution in [0, 0.1) is 5.82 Å². The maximum Gasteiger partial charge on any atom is 0.417 e. The predicted molar refractivity (Wildman–Crippen MR) is 88.3 cm³/mol. The zero-order valence-electron chi connectivity index (χ0n) is 13.5. The van der Waals surface area contributed by atoms with Crippen molar-refractivity contribution in [2.45, 2.75) is 24.1 Å². The summed E-state index contributed by atoms with van der Waals surface area (Å²) in [6, 6.07) is 6.77. The van der Waals surface area contributed by atoms with Crippen molar-refractivity contribution in [2.75, 3.05) is 0 Å². The molecule has 5 nitrogen and oxygen atoms in total. The van der Waals surface area contributed by atoms with Gasteiger partial charge < -0.3 is 4.74 Å². The Kier molecular flexibility index (Phi) is 6.01. The van der Waals surface area contributed by atoms with Crippen LogP contribution >= 0.6 is 11.6 Å². The minimum absolute atomic E-state index is 0.0344. The van der Waals surface area contributed by atoms with E-state index in [1.165, 1.54) is 35.9 Å². The van der Waals surface area contributed by atoms with Gasteiger partial charge in [0.05, 0.1) is 10.5 Å². The molecule has 2 rings (SSSR count). The number of nitrogens with one attached hydrogen (secondary N) is 1. The molecule has 0 aliphatic rings. The van der Waals surface area contributed by atoms with Crippen molar-refractivity contribution in [1.29, 1.82) is 0 Å². The molecule has 27 heavy (non-hydrogen) atoms. The quantitative estimate of drug-likeness (QED) is 0.740. The fraction of sp³-hybridized carbons (Fsp3) is 0.188. The van der Waals surface area contributed by atoms with Crippen molar-refractivity contribution in [2.24, 2.45) is 0 Å². The molecule has 0 aliphatic carbocycles. The summed E-state index contributed by atoms with van der Waals surface area (Å²) in [5, 5.41) is 0.401. The Morgan fingerprint density at radius 2 is 1.74 bits per heavy atom. The third-order valence-corrected chi connectivity index (χ3v) is 4.92. The molecule has 0 aromatic heterocycles. The van der Waals surface area contributed by atoms with E-state index in [0.29, 0.717) is 17.2 Å². The Morgan fingerprint density at radius 1 is 1.15 bits per heavy atom. The summed E-state index contributed by atoms with van der Waals surface area (Å²) in [6.07, 6.45) is -6.49. The van der Waals surface area contributed by atoms with Crippen LogP contribution in [0.4, 0.5) is 17.6 Å². The standard InChI is InChI=1S/C16H12ClF4NO4S/c1-9(26-12-5-2-10(17)3-6-12)15(23)22-27(24,25)14-7-4-11(18)8-13(14)16(19,20)21/h2-9H,1H3,(H,22,23). The smallest absolute Gasteiger partial charge is 0.417 e. The first-order chi connectivity index (χ1) is 12.4. The molecule has 146 valence electrons. The molecule has 0 heterocycles. The molecule has 1 atom stereocenters. The van der Waals surface area contributed by atoms with Crippen molar-refractivity contribution in [3.63, 3.8) is 0 Å². The van der Waals surface area contributed by atoms with Gasteiger partial charge in [-0.25, -0.2) is 17.5 Å². The number of hydrogen-bond acceptors (Lipinski definition) is 4. The van der Waals surface area contributed by atoms with E-state index >= 15 is 0 Å². The first-order valence-corrected chi connectivity index (χ1v) is 9.12. The van der Waals surface area contributed by atoms with Crippen LogP contribution < -0.4 is 9.46 Å². The lowest BCUT2D eigenvalue weighted by molar-refractivity contribution is -0.140. The number of halogens is 5. The molecule has 1 unspecified atom stereocenters. The zero-order chi connectivity index (χ0) is 20.4. The summed E-state index contributed by atoms with van der Waals surface area (Å²) in [7, 11) is -4.92. The SMILES string of the molecule is CC(Oc1ccc(Cl)cc1)C(=O)NS(=O)(=O)c1ccc(F)cc1C(F)(F)F. The third kappa shape index (κ3) is 5.33. The number of carbonyl (C=O) groups is 1. The highest BCUT2D eigenvalue weighted by Gasteiger charge is 2.38. The summed E-state index contributed by atoms with van der Waals surface area (Å²) in [4.78, 5) is 10.8. The molecule has 2 aromatic carbocycles. The van der Waals surface area contributed by atoms with Crippen molar-refractivity contribution in [1.82, 2.24) is 4.72 Å². The number of amides is 1. The molecular formula is C16H12ClF4NO4S. The van der Waals surface area contributed by atoms with E-state index in [2.05, 4.69) is 0 Å². The van der Waals surface area contributed by atoms with E-state index in [-0.39, 0.29) is 11.8 Å². The highest BCUT2D eigenvalue weighted by atomic mass is 35.5. The summed E-state index contributed by atoms with van der Waals surface area (Å²) >= 11 is 5.70. The van der Waals surface area contributed by atoms with Gasteiger partial charge in [-0.15, -0.1) is 0 Å². The topological polar surface area (TPSA) is 72.5 Å². The molecule has 0 saturated carbocycles. The number of hydrogen-bond donors (Lipinski definition) is 1. The average molecular weight is 426 g/mol. The van der Waals surface area contributed by atoms with Gasteiger partial charge in [-0.3, -0.25) is 4.79 Å². The lowest BCUT2D eigenvalue weighted by Gasteiger charge is -2.17. The summed E-state index contributed by atoms with van der Waals surface area (Å²) in [5.74, 6) is -2.29. The second kappa shape index (κ2) is 7.73. The van der Waals surface area contributed by atoms with Gasteiger partial charge in [0.2, 0.25) is 0 Å². The van der Waals surface area contributed by atoms with Crippen LogP contribution in [0.25, 0.3) is 0 Å². The lowest BCUT2D eigenvalue weighted by Crippen LogP contribution is -2.40. The second-order valence-corrected chi connectivity index (χ2v) is 7.41. The van der Waals surface area contributed by atoms with Crippen LogP contribution in [-0.2, 0) is 21.0 Å². The Morgan fingerprint density at radius 3 is 2.30 bits per heavy atom. The van der Waals surface area contributed by atoms with Gasteiger partial charge in [-0.2, -0.15) is 13.2 Å². The van der Waals surface area contributed by atoms with Crippen LogP contribution in [0.2, 0.25) is 5.02 Å². The van der Waals surface area contributed by atoms with Gasteiger partial charge in [0.25, 0.3) is 15.9 Å². The first kappa shape index (κ1) is 21.0. The van der Waals surface area contributed by atoms with Gasteiger partial charge in [0, 0.05) is 5.02 Å². The van der Waals surface area contributed by atoms with Crippen LogP contribution in [0.15, 0.2) is 47.4 Å². The molecule has 1 N–H and O–H groups in total. The normalized spacial score (nSPS) is 13.1. The average Bonchev–Trinajstić information content (AvgIpc) is 2.55. The van der Waals surface area contributed by atoms with Crippen molar-refractivity contribution >= 4 is 27.5 Å². The van der Waals surface area contributed by atoms with Crippen molar-refractivity contribution < 1.29 is 35.5 Å². The molecule has 0 bridgehead atoms. The molecule has 2 aromatic rings. The molecular weight excluding hydrogens is 414 g/mol. The minimum Gasteiger partial charge on any atom is -0.481 e. The van der Waals surface area contributed by atoms with E-state index < -0.39 is 44.5 Å². The number of ether oxygens (including phenoxy) is 1. The Hall–Kier alpha value is -2.33. The Balaban J connectivity index is 2.23. The van der Waals surface area contributed by atoms with Gasteiger partial charge in [0.1, 0.15) is 11.6 Å². The van der Waals surface area contributed by atoms with Crippen molar-refractivity contribution in [3.8, 4) is 5.75 Å². The Labute approximate surface area is 156 Å². The third-order valence-electron chi connectivity index (χ3n) is 3.27. The number of benzene rings is 2. The molecule has 0 aliphatic heterocycles. The van der Waals surface area contributed by atoms with Crippen LogP contribution in [-0.4, -0.2) is 20.4 Å². The fourth-order valence-corrected chi connectivity index (χ4v) is 3.38. The lowest BCUT2D eigenvalue weighted by atomic mass is 10.2. The first-order valence-electron chi connectivity index (χ1n) is 7.26. The molecule has 0 radical (unpaired) electrons. The second-order valence-electron chi connectivity index (χ2n) is 5.32. The predicted octanol–water partition coefficient (Wildman–Crippen LogP) is 3.77. The van der Waals surface area contributed by atoms with E-state index in [1.54, 1.807) is 0 Å². The maximum atomic E-state index is 13.1. The van der Waals surface area contributed by atoms with Gasteiger partial charge in [-0.1, -0.05) is 11.6 Å². The largest absolute Gasteiger partial charge is 0.481 e. The number of sulfonamides is 1. The van der Waals surface area contributed by atoms with Crippen LogP contribution in [0.1, 0.15) is 12.5 Å². The van der Waals surface area contributed by atoms with Gasteiger partial charge in [0.15, 0.2) is 6.10 Å². The number of carbonyl (C=O) groups excluding carboxylic acids is 1. The zero-order valence-corrected chi connectivity index (χ0v) is 15.1. The van der Waals surface area contributed by atoms with E-state index in [1.807, 2.05) is 0 Å². The highest BCUT2D eigenvalue weighted by molar-refractivity contribution is 7.90. The highest BCUT2D eigenvalue weighted by Crippen LogP contribution is 2.34. The molecule has 0 saturated heterocycles. The van der Waals surface area contributed by atoms with Crippen molar-refractivity contribution in [3.05, 3.63) is 58.9 Å². The maximum absolute atomic E-state index is 13.1. The van der Waals surface area contributed by atoms with Crippen LogP contribution in [0.5, 0.6) is 5.75 Å². The monoisotopic (exact) mass is 425 g/mol. The van der Waals surface area contributed by atoms with Crippen LogP contribution in [0.3, 0.4) is 0 Å². The summed E-state index contributed by atoms with van der Waals surface area (Å²) < 4.78 is 83.2. The van der Waals surface area contributed by atoms with E-state index in [0.717, 1.165) is 0 Å². The number of rotatable bonds is 5. The van der Waals surface area contributed by atoms with Gasteiger partial charge >= 0.3 is 6.18 Å². The summed E-state index contributed by atoms with van der Waals surface area (Å²) in [5.41, 5.74) is -1.73. The number of alkyl halides is 3. The van der Waals surface area contributed by atoms with Gasteiger partial charge in [-0.05, 0) is 49.4 Å². The van der Waals surface area contributed by atoms with E-state index in [9.17, 15) is 30.8 Å². The molecule has 1 amide bonds. The minimum atomic E-state index is -5.14. The Bertz CT molecular complexity index is 946. The summed E-state index contributed by atoms with van der Waals surface area (Å²) in [6.45, 7) is 1.20. The fourth-order valence-electron chi connectivity index (χ4n) is 2.00. The molecule has 0 fully saturated rings.